The molecule has 2 atom stereocenters. The third-order valence-corrected chi connectivity index (χ3v) is 3.86. The number of allylic oxidation sites excluding steroid dienone is 1. The van der Waals surface area contributed by atoms with Crippen LogP contribution in [0.4, 0.5) is 0 Å². The molecule has 84 valence electrons. The van der Waals surface area contributed by atoms with Crippen molar-refractivity contribution in [2.24, 2.45) is 10.9 Å². The monoisotopic (exact) mass is 222 g/mol. The van der Waals surface area contributed by atoms with Crippen LogP contribution < -0.4 is 0 Å². The molecule has 2 unspecified atom stereocenters. The standard InChI is InChI=1S/C15H14N2/c1-10-6-13(15-9-17-8-14(10)15)12-4-2-11(7-16)3-5-12/h2-5,9-10,13H,6,8H2,1H3. The normalized spacial score (nSPS) is 26.1. The van der Waals surface area contributed by atoms with E-state index < -0.39 is 0 Å². The van der Waals surface area contributed by atoms with Crippen LogP contribution in [-0.4, -0.2) is 12.8 Å². The van der Waals surface area contributed by atoms with Crippen LogP contribution in [0.2, 0.25) is 0 Å². The van der Waals surface area contributed by atoms with Gasteiger partial charge in [-0.15, -0.1) is 0 Å². The van der Waals surface area contributed by atoms with Gasteiger partial charge in [0, 0.05) is 12.1 Å². The highest BCUT2D eigenvalue weighted by molar-refractivity contribution is 5.86. The molecular weight excluding hydrogens is 208 g/mol. The van der Waals surface area contributed by atoms with Crippen molar-refractivity contribution in [1.29, 1.82) is 5.26 Å². The lowest BCUT2D eigenvalue weighted by atomic mass is 9.91. The second-order valence-electron chi connectivity index (χ2n) is 4.87. The van der Waals surface area contributed by atoms with Crippen LogP contribution in [0.25, 0.3) is 0 Å². The van der Waals surface area contributed by atoms with Crippen molar-refractivity contribution in [2.45, 2.75) is 19.3 Å². The molecule has 0 aromatic heterocycles. The largest absolute Gasteiger partial charge is 0.288 e. The zero-order chi connectivity index (χ0) is 11.8. The zero-order valence-electron chi connectivity index (χ0n) is 9.85. The van der Waals surface area contributed by atoms with Crippen LogP contribution in [0.3, 0.4) is 0 Å². The van der Waals surface area contributed by atoms with E-state index in [1.165, 1.54) is 23.1 Å². The predicted molar refractivity (Wildman–Crippen MR) is 68.1 cm³/mol. The summed E-state index contributed by atoms with van der Waals surface area (Å²) in [4.78, 5) is 4.38. The Kier molecular flexibility index (Phi) is 2.33. The van der Waals surface area contributed by atoms with Crippen LogP contribution in [0, 0.1) is 17.2 Å². The quantitative estimate of drug-likeness (QED) is 0.719. The number of benzene rings is 1. The van der Waals surface area contributed by atoms with Gasteiger partial charge in [0.05, 0.1) is 18.2 Å². The van der Waals surface area contributed by atoms with Crippen LogP contribution in [0.15, 0.2) is 40.4 Å². The van der Waals surface area contributed by atoms with Crippen LogP contribution in [0.5, 0.6) is 0 Å². The first-order chi connectivity index (χ1) is 8.29. The number of aliphatic imine (C=N–C) groups is 1. The minimum Gasteiger partial charge on any atom is -0.288 e. The highest BCUT2D eigenvalue weighted by Crippen LogP contribution is 2.44. The van der Waals surface area contributed by atoms with E-state index in [0.717, 1.165) is 12.1 Å². The lowest BCUT2D eigenvalue weighted by molar-refractivity contribution is 0.616. The number of nitriles is 1. The molecule has 0 bridgehead atoms. The summed E-state index contributed by atoms with van der Waals surface area (Å²) in [5.74, 6) is 1.13. The lowest BCUT2D eigenvalue weighted by Gasteiger charge is -2.13. The minimum absolute atomic E-state index is 0.485. The fourth-order valence-corrected chi connectivity index (χ4v) is 2.90. The van der Waals surface area contributed by atoms with Gasteiger partial charge in [0.1, 0.15) is 0 Å². The Hall–Kier alpha value is -1.88. The number of nitrogens with zero attached hydrogens (tertiary/aromatic N) is 2. The first-order valence-corrected chi connectivity index (χ1v) is 6.02. The highest BCUT2D eigenvalue weighted by Gasteiger charge is 2.32. The number of rotatable bonds is 1. The van der Waals surface area contributed by atoms with Crippen molar-refractivity contribution in [2.75, 3.05) is 6.54 Å². The van der Waals surface area contributed by atoms with Gasteiger partial charge in [0.2, 0.25) is 0 Å². The molecule has 2 heteroatoms. The Balaban J connectivity index is 1.95. The summed E-state index contributed by atoms with van der Waals surface area (Å²) in [6, 6.07) is 10.1. The van der Waals surface area contributed by atoms with Gasteiger partial charge in [0.25, 0.3) is 0 Å². The Morgan fingerprint density at radius 2 is 2.06 bits per heavy atom. The summed E-state index contributed by atoms with van der Waals surface area (Å²) in [6.45, 7) is 3.18. The number of hydrogen-bond acceptors (Lipinski definition) is 2. The van der Waals surface area contributed by atoms with E-state index in [2.05, 4.69) is 30.1 Å². The molecule has 0 N–H and O–H groups in total. The molecule has 0 spiro atoms. The molecule has 0 saturated carbocycles. The fourth-order valence-electron chi connectivity index (χ4n) is 2.90. The van der Waals surface area contributed by atoms with Gasteiger partial charge in [0.15, 0.2) is 0 Å². The van der Waals surface area contributed by atoms with Gasteiger partial charge in [-0.3, -0.25) is 4.99 Å². The molecule has 1 aliphatic carbocycles. The van der Waals surface area contributed by atoms with Gasteiger partial charge in [-0.1, -0.05) is 19.1 Å². The van der Waals surface area contributed by atoms with E-state index in [9.17, 15) is 0 Å². The molecule has 0 saturated heterocycles. The molecular formula is C15H14N2. The molecule has 0 fully saturated rings. The zero-order valence-corrected chi connectivity index (χ0v) is 9.85. The fraction of sp³-hybridized carbons (Fsp3) is 0.333. The van der Waals surface area contributed by atoms with Crippen LogP contribution >= 0.6 is 0 Å². The summed E-state index contributed by atoms with van der Waals surface area (Å²) >= 11 is 0. The van der Waals surface area contributed by atoms with Gasteiger partial charge >= 0.3 is 0 Å². The van der Waals surface area contributed by atoms with Crippen molar-refractivity contribution in [3.05, 3.63) is 46.5 Å². The summed E-state index contributed by atoms with van der Waals surface area (Å²) in [5.41, 5.74) is 4.98. The minimum atomic E-state index is 0.485. The van der Waals surface area contributed by atoms with E-state index in [1.54, 1.807) is 0 Å². The van der Waals surface area contributed by atoms with E-state index in [1.807, 2.05) is 18.3 Å². The van der Waals surface area contributed by atoms with E-state index >= 15 is 0 Å². The molecule has 2 aliphatic rings. The number of hydrogen-bond donors (Lipinski definition) is 0. The third kappa shape index (κ3) is 1.59. The van der Waals surface area contributed by atoms with Crippen LogP contribution in [0.1, 0.15) is 30.4 Å². The maximum absolute atomic E-state index is 8.81. The molecule has 1 aromatic rings. The summed E-state index contributed by atoms with van der Waals surface area (Å²) < 4.78 is 0. The molecule has 17 heavy (non-hydrogen) atoms. The van der Waals surface area contributed by atoms with Crippen molar-refractivity contribution >= 4 is 6.21 Å². The maximum Gasteiger partial charge on any atom is 0.0991 e. The second kappa shape index (κ2) is 3.85. The molecule has 0 amide bonds. The predicted octanol–water partition coefficient (Wildman–Crippen LogP) is 3.06. The first kappa shape index (κ1) is 10.3. The molecule has 1 heterocycles. The highest BCUT2D eigenvalue weighted by atomic mass is 14.7. The summed E-state index contributed by atoms with van der Waals surface area (Å²) in [7, 11) is 0. The Labute approximate surface area is 101 Å². The van der Waals surface area contributed by atoms with Crippen molar-refractivity contribution in [3.63, 3.8) is 0 Å². The van der Waals surface area contributed by atoms with Gasteiger partial charge < -0.3 is 0 Å². The smallest absolute Gasteiger partial charge is 0.0991 e. The van der Waals surface area contributed by atoms with E-state index in [4.69, 9.17) is 5.26 Å². The van der Waals surface area contributed by atoms with Gasteiger partial charge in [-0.25, -0.2) is 0 Å². The van der Waals surface area contributed by atoms with E-state index in [0.29, 0.717) is 11.8 Å². The SMILES string of the molecule is CC1CC(c2ccc(C#N)cc2)C2=C1CN=C2. The van der Waals surface area contributed by atoms with Crippen molar-refractivity contribution in [3.8, 4) is 6.07 Å². The van der Waals surface area contributed by atoms with Gasteiger partial charge in [-0.2, -0.15) is 5.26 Å². The second-order valence-corrected chi connectivity index (χ2v) is 4.87. The Morgan fingerprint density at radius 1 is 1.29 bits per heavy atom. The molecule has 1 aromatic carbocycles. The first-order valence-electron chi connectivity index (χ1n) is 6.02. The van der Waals surface area contributed by atoms with Crippen molar-refractivity contribution < 1.29 is 0 Å². The molecule has 3 rings (SSSR count). The van der Waals surface area contributed by atoms with Crippen molar-refractivity contribution in [1.82, 2.24) is 0 Å². The Bertz CT molecular complexity index is 543. The average molecular weight is 222 g/mol. The summed E-state index contributed by atoms with van der Waals surface area (Å²) in [6.07, 6.45) is 3.23. The maximum atomic E-state index is 8.81. The summed E-state index contributed by atoms with van der Waals surface area (Å²) in [5, 5.41) is 8.81. The third-order valence-electron chi connectivity index (χ3n) is 3.86. The topological polar surface area (TPSA) is 36.1 Å². The van der Waals surface area contributed by atoms with E-state index in [-0.39, 0.29) is 0 Å². The Morgan fingerprint density at radius 3 is 2.76 bits per heavy atom. The average Bonchev–Trinajstić information content (AvgIpc) is 2.94. The molecule has 2 nitrogen and oxygen atoms in total. The molecule has 0 radical (unpaired) electrons. The molecule has 1 aliphatic heterocycles. The lowest BCUT2D eigenvalue weighted by Crippen LogP contribution is -2.00. The van der Waals surface area contributed by atoms with Gasteiger partial charge in [-0.05, 0) is 41.2 Å². The van der Waals surface area contributed by atoms with Crippen LogP contribution in [-0.2, 0) is 0 Å².